The highest BCUT2D eigenvalue weighted by atomic mass is 16.5. The number of hydrogen-bond donors (Lipinski definition) is 2. The molecule has 1 aliphatic heterocycles. The smallest absolute Gasteiger partial charge is 0.376 e. The molecule has 0 aromatic carbocycles. The molecule has 0 bridgehead atoms. The monoisotopic (exact) mass is 266 g/mol. The van der Waals surface area contributed by atoms with Gasteiger partial charge in [0, 0.05) is 30.9 Å². The van der Waals surface area contributed by atoms with E-state index in [9.17, 15) is 4.79 Å². The summed E-state index contributed by atoms with van der Waals surface area (Å²) in [6, 6.07) is 2.03. The van der Waals surface area contributed by atoms with E-state index in [1.807, 2.05) is 0 Å². The van der Waals surface area contributed by atoms with Crippen LogP contribution in [0.5, 0.6) is 0 Å². The Labute approximate surface area is 111 Å². The Bertz CT molecular complexity index is 447. The Balaban J connectivity index is 1.99. The van der Waals surface area contributed by atoms with Crippen LogP contribution in [0.3, 0.4) is 0 Å². The normalized spacial score (nSPS) is 18.9. The summed E-state index contributed by atoms with van der Waals surface area (Å²) in [4.78, 5) is 19.6. The molecule has 0 amide bonds. The molecular weight excluding hydrogens is 248 g/mol. The largest absolute Gasteiger partial charge is 0.463 e. The van der Waals surface area contributed by atoms with Crippen LogP contribution in [0, 0.1) is 6.92 Å². The van der Waals surface area contributed by atoms with Gasteiger partial charge in [0.05, 0.1) is 20.3 Å². The van der Waals surface area contributed by atoms with Crippen LogP contribution in [0.15, 0.2) is 6.07 Å². The first-order chi connectivity index (χ1) is 9.19. The van der Waals surface area contributed by atoms with Gasteiger partial charge in [0.15, 0.2) is 0 Å². The van der Waals surface area contributed by atoms with Gasteiger partial charge in [-0.05, 0) is 6.92 Å². The molecule has 1 aliphatic rings. The van der Waals surface area contributed by atoms with Gasteiger partial charge in [-0.3, -0.25) is 0 Å². The van der Waals surface area contributed by atoms with E-state index in [2.05, 4.69) is 25.3 Å². The number of morpholine rings is 1. The van der Waals surface area contributed by atoms with Crippen LogP contribution < -0.4 is 10.6 Å². The van der Waals surface area contributed by atoms with E-state index in [4.69, 9.17) is 4.74 Å². The first-order valence-corrected chi connectivity index (χ1v) is 6.18. The van der Waals surface area contributed by atoms with Gasteiger partial charge < -0.3 is 20.1 Å². The van der Waals surface area contributed by atoms with E-state index in [-0.39, 0.29) is 11.9 Å². The average molecular weight is 266 g/mol. The van der Waals surface area contributed by atoms with Crippen molar-refractivity contribution in [1.82, 2.24) is 15.3 Å². The second-order valence-electron chi connectivity index (χ2n) is 4.32. The van der Waals surface area contributed by atoms with E-state index in [0.717, 1.165) is 13.2 Å². The molecule has 19 heavy (non-hydrogen) atoms. The molecule has 1 unspecified atom stereocenters. The molecule has 7 heteroatoms. The van der Waals surface area contributed by atoms with Crippen molar-refractivity contribution in [2.24, 2.45) is 0 Å². The van der Waals surface area contributed by atoms with E-state index in [1.54, 1.807) is 13.0 Å². The number of aryl methyl sites for hydroxylation is 1. The minimum Gasteiger partial charge on any atom is -0.463 e. The topological polar surface area (TPSA) is 85.4 Å². The van der Waals surface area contributed by atoms with Crippen LogP contribution in [-0.2, 0) is 9.47 Å². The summed E-state index contributed by atoms with van der Waals surface area (Å²) < 4.78 is 9.98. The SMILES string of the molecule is COC(=O)c1nc(C)cc(NCC2COCCN2)n1. The maximum atomic E-state index is 11.4. The van der Waals surface area contributed by atoms with E-state index in [0.29, 0.717) is 24.7 Å². The van der Waals surface area contributed by atoms with Crippen molar-refractivity contribution in [3.63, 3.8) is 0 Å². The Morgan fingerprint density at radius 1 is 1.63 bits per heavy atom. The van der Waals surface area contributed by atoms with Crippen molar-refractivity contribution >= 4 is 11.8 Å². The van der Waals surface area contributed by atoms with E-state index < -0.39 is 5.97 Å². The van der Waals surface area contributed by atoms with Gasteiger partial charge in [0.2, 0.25) is 5.82 Å². The predicted octanol–water partition coefficient (Wildman–Crippen LogP) is -0.0281. The fourth-order valence-corrected chi connectivity index (χ4v) is 1.82. The number of nitrogens with zero attached hydrogens (tertiary/aromatic N) is 2. The number of hydrogen-bond acceptors (Lipinski definition) is 7. The molecule has 2 heterocycles. The molecule has 0 saturated carbocycles. The van der Waals surface area contributed by atoms with E-state index >= 15 is 0 Å². The van der Waals surface area contributed by atoms with Crippen LogP contribution in [0.25, 0.3) is 0 Å². The molecule has 1 atom stereocenters. The van der Waals surface area contributed by atoms with Gasteiger partial charge in [0.1, 0.15) is 5.82 Å². The summed E-state index contributed by atoms with van der Waals surface area (Å²) in [6.45, 7) is 4.75. The molecule has 0 spiro atoms. The number of nitrogens with one attached hydrogen (secondary N) is 2. The second-order valence-corrected chi connectivity index (χ2v) is 4.32. The summed E-state index contributed by atoms with van der Waals surface area (Å²) >= 11 is 0. The van der Waals surface area contributed by atoms with Crippen molar-refractivity contribution in [2.45, 2.75) is 13.0 Å². The van der Waals surface area contributed by atoms with Gasteiger partial charge in [-0.25, -0.2) is 14.8 Å². The molecule has 0 aliphatic carbocycles. The quantitative estimate of drug-likeness (QED) is 0.740. The Kier molecular flexibility index (Phi) is 4.64. The maximum Gasteiger partial charge on any atom is 0.376 e. The predicted molar refractivity (Wildman–Crippen MR) is 69.2 cm³/mol. The third kappa shape index (κ3) is 3.87. The molecule has 104 valence electrons. The van der Waals surface area contributed by atoms with Gasteiger partial charge in [-0.15, -0.1) is 0 Å². The van der Waals surface area contributed by atoms with Crippen molar-refractivity contribution in [2.75, 3.05) is 38.7 Å². The molecular formula is C12H18N4O3. The average Bonchev–Trinajstić information content (AvgIpc) is 2.45. The van der Waals surface area contributed by atoms with Crippen molar-refractivity contribution in [3.8, 4) is 0 Å². The minimum atomic E-state index is -0.536. The summed E-state index contributed by atoms with van der Waals surface area (Å²) in [5.41, 5.74) is 0.714. The molecule has 1 fully saturated rings. The number of rotatable bonds is 4. The lowest BCUT2D eigenvalue weighted by Crippen LogP contribution is -2.45. The Morgan fingerprint density at radius 2 is 2.47 bits per heavy atom. The van der Waals surface area contributed by atoms with Gasteiger partial charge in [-0.2, -0.15) is 0 Å². The van der Waals surface area contributed by atoms with Crippen LogP contribution in [0.4, 0.5) is 5.82 Å². The lowest BCUT2D eigenvalue weighted by molar-refractivity contribution is 0.0586. The van der Waals surface area contributed by atoms with Crippen LogP contribution >= 0.6 is 0 Å². The zero-order chi connectivity index (χ0) is 13.7. The van der Waals surface area contributed by atoms with Crippen LogP contribution in [0.1, 0.15) is 16.3 Å². The highest BCUT2D eigenvalue weighted by molar-refractivity contribution is 5.85. The lowest BCUT2D eigenvalue weighted by atomic mass is 10.3. The first-order valence-electron chi connectivity index (χ1n) is 6.18. The van der Waals surface area contributed by atoms with Gasteiger partial charge >= 0.3 is 5.97 Å². The fraction of sp³-hybridized carbons (Fsp3) is 0.583. The Morgan fingerprint density at radius 3 is 3.16 bits per heavy atom. The number of carbonyl (C=O) groups excluding carboxylic acids is 1. The fourth-order valence-electron chi connectivity index (χ4n) is 1.82. The molecule has 2 N–H and O–H groups in total. The number of aromatic nitrogens is 2. The van der Waals surface area contributed by atoms with Crippen molar-refractivity contribution < 1.29 is 14.3 Å². The zero-order valence-electron chi connectivity index (χ0n) is 11.1. The summed E-state index contributed by atoms with van der Waals surface area (Å²) in [5, 5.41) is 6.50. The molecule has 1 aromatic rings. The zero-order valence-corrected chi connectivity index (χ0v) is 11.1. The third-order valence-electron chi connectivity index (χ3n) is 2.75. The maximum absolute atomic E-state index is 11.4. The van der Waals surface area contributed by atoms with Gasteiger partial charge in [-0.1, -0.05) is 0 Å². The summed E-state index contributed by atoms with van der Waals surface area (Å²) in [5.74, 6) is 0.143. The number of esters is 1. The number of ether oxygens (including phenoxy) is 2. The highest BCUT2D eigenvalue weighted by Crippen LogP contribution is 2.07. The molecule has 7 nitrogen and oxygen atoms in total. The van der Waals surface area contributed by atoms with Crippen molar-refractivity contribution in [1.29, 1.82) is 0 Å². The first kappa shape index (κ1) is 13.7. The minimum absolute atomic E-state index is 0.0675. The van der Waals surface area contributed by atoms with Crippen molar-refractivity contribution in [3.05, 3.63) is 17.6 Å². The summed E-state index contributed by atoms with van der Waals surface area (Å²) in [7, 11) is 1.31. The second kappa shape index (κ2) is 6.44. The lowest BCUT2D eigenvalue weighted by Gasteiger charge is -2.24. The van der Waals surface area contributed by atoms with E-state index in [1.165, 1.54) is 7.11 Å². The highest BCUT2D eigenvalue weighted by Gasteiger charge is 2.14. The molecule has 1 aromatic heterocycles. The van der Waals surface area contributed by atoms with Crippen LogP contribution in [0.2, 0.25) is 0 Å². The standard InChI is InChI=1S/C12H18N4O3/c1-8-5-10(16-11(15-8)12(17)18-2)14-6-9-7-19-4-3-13-9/h5,9,13H,3-4,6-7H2,1-2H3,(H,14,15,16). The van der Waals surface area contributed by atoms with Crippen LogP contribution in [-0.4, -0.2) is 55.4 Å². The third-order valence-corrected chi connectivity index (χ3v) is 2.75. The molecule has 2 rings (SSSR count). The summed E-state index contributed by atoms with van der Waals surface area (Å²) in [6.07, 6.45) is 0. The van der Waals surface area contributed by atoms with Gasteiger partial charge in [0.25, 0.3) is 0 Å². The molecule has 0 radical (unpaired) electrons. The number of anilines is 1. The number of carbonyl (C=O) groups is 1. The molecule has 1 saturated heterocycles. The number of methoxy groups -OCH3 is 1. The Hall–Kier alpha value is -1.73.